The maximum absolute atomic E-state index is 12.9. The van der Waals surface area contributed by atoms with E-state index < -0.39 is 0 Å². The van der Waals surface area contributed by atoms with Crippen LogP contribution in [0.4, 0.5) is 10.8 Å². The van der Waals surface area contributed by atoms with Crippen molar-refractivity contribution in [2.45, 2.75) is 19.4 Å². The van der Waals surface area contributed by atoms with E-state index in [1.54, 1.807) is 46.9 Å². The summed E-state index contributed by atoms with van der Waals surface area (Å²) >= 11 is 13.5. The van der Waals surface area contributed by atoms with Gasteiger partial charge in [0.2, 0.25) is 5.91 Å². The molecule has 2 amide bonds. The normalized spacial score (nSPS) is 16.2. The minimum atomic E-state index is -0.255. The van der Waals surface area contributed by atoms with Crippen molar-refractivity contribution in [1.29, 1.82) is 0 Å². The number of anilines is 2. The van der Waals surface area contributed by atoms with Gasteiger partial charge in [0.15, 0.2) is 5.13 Å². The second-order valence-corrected chi connectivity index (χ2v) is 8.80. The quantitative estimate of drug-likeness (QED) is 0.522. The van der Waals surface area contributed by atoms with Gasteiger partial charge in [-0.3, -0.25) is 9.59 Å². The summed E-state index contributed by atoms with van der Waals surface area (Å²) in [4.78, 5) is 31.6. The summed E-state index contributed by atoms with van der Waals surface area (Å²) in [6.45, 7) is 1.30. The SMILES string of the molecule is O=C(NCc1ccco1)C1CCCN(C(=O)c2csc(Nc3cccc(Cl)c3Cl)n2)C1. The number of halogens is 2. The van der Waals surface area contributed by atoms with E-state index in [0.29, 0.717) is 52.0 Å². The number of carbonyl (C=O) groups excluding carboxylic acids is 2. The first-order valence-corrected chi connectivity index (χ1v) is 11.4. The molecule has 3 heterocycles. The fraction of sp³-hybridized carbons (Fsp3) is 0.286. The fourth-order valence-corrected chi connectivity index (χ4v) is 4.46. The van der Waals surface area contributed by atoms with Crippen LogP contribution in [0, 0.1) is 5.92 Å². The number of nitrogens with one attached hydrogen (secondary N) is 2. The molecule has 0 spiro atoms. The molecule has 1 aromatic carbocycles. The average Bonchev–Trinajstić information content (AvgIpc) is 3.47. The number of furan rings is 1. The van der Waals surface area contributed by atoms with Gasteiger partial charge in [-0.2, -0.15) is 0 Å². The summed E-state index contributed by atoms with van der Waals surface area (Å²) in [6, 6.07) is 8.85. The Morgan fingerprint density at radius 3 is 2.94 bits per heavy atom. The molecule has 0 aliphatic carbocycles. The summed E-state index contributed by atoms with van der Waals surface area (Å²) in [7, 11) is 0. The maximum Gasteiger partial charge on any atom is 0.273 e. The second kappa shape index (κ2) is 9.72. The van der Waals surface area contributed by atoms with Gasteiger partial charge in [-0.25, -0.2) is 4.98 Å². The number of hydrogen-bond donors (Lipinski definition) is 2. The highest BCUT2D eigenvalue weighted by Gasteiger charge is 2.30. The van der Waals surface area contributed by atoms with Crippen LogP contribution in [0.1, 0.15) is 29.1 Å². The maximum atomic E-state index is 12.9. The third-order valence-corrected chi connectivity index (χ3v) is 6.59. The van der Waals surface area contributed by atoms with Crippen LogP contribution < -0.4 is 10.6 Å². The number of nitrogens with zero attached hydrogens (tertiary/aromatic N) is 2. The predicted octanol–water partition coefficient (Wildman–Crippen LogP) is 4.96. The molecular formula is C21H20Cl2N4O3S. The number of aromatic nitrogens is 1. The van der Waals surface area contributed by atoms with E-state index in [1.165, 1.54) is 11.3 Å². The lowest BCUT2D eigenvalue weighted by molar-refractivity contribution is -0.126. The zero-order valence-electron chi connectivity index (χ0n) is 16.4. The van der Waals surface area contributed by atoms with Gasteiger partial charge in [0.1, 0.15) is 11.5 Å². The Balaban J connectivity index is 1.36. The Bertz CT molecular complexity index is 1070. The Kier molecular flexibility index (Phi) is 6.80. The van der Waals surface area contributed by atoms with E-state index in [-0.39, 0.29) is 17.7 Å². The van der Waals surface area contributed by atoms with E-state index >= 15 is 0 Å². The number of likely N-dealkylation sites (tertiary alicyclic amines) is 1. The number of carbonyl (C=O) groups is 2. The fourth-order valence-electron chi connectivity index (χ4n) is 3.41. The van der Waals surface area contributed by atoms with Gasteiger partial charge >= 0.3 is 0 Å². The molecule has 0 saturated carbocycles. The highest BCUT2D eigenvalue weighted by atomic mass is 35.5. The van der Waals surface area contributed by atoms with Gasteiger partial charge in [-0.05, 0) is 37.1 Å². The molecule has 1 aliphatic rings. The minimum Gasteiger partial charge on any atom is -0.467 e. The van der Waals surface area contributed by atoms with Gasteiger partial charge in [-0.1, -0.05) is 29.3 Å². The molecule has 1 atom stereocenters. The van der Waals surface area contributed by atoms with Crippen LogP contribution in [-0.2, 0) is 11.3 Å². The zero-order valence-corrected chi connectivity index (χ0v) is 18.8. The lowest BCUT2D eigenvalue weighted by Gasteiger charge is -2.31. The van der Waals surface area contributed by atoms with E-state index in [2.05, 4.69) is 15.6 Å². The Labute approximate surface area is 193 Å². The molecule has 31 heavy (non-hydrogen) atoms. The summed E-state index contributed by atoms with van der Waals surface area (Å²) in [5.41, 5.74) is 0.955. The molecule has 1 fully saturated rings. The summed E-state index contributed by atoms with van der Waals surface area (Å²) in [5, 5.41) is 9.04. The first-order chi connectivity index (χ1) is 15.0. The van der Waals surface area contributed by atoms with Crippen LogP contribution in [0.2, 0.25) is 10.0 Å². The molecule has 10 heteroatoms. The summed E-state index contributed by atoms with van der Waals surface area (Å²) < 4.78 is 5.24. The molecule has 4 rings (SSSR count). The van der Waals surface area contributed by atoms with Crippen molar-refractivity contribution in [2.24, 2.45) is 5.92 Å². The van der Waals surface area contributed by atoms with Crippen molar-refractivity contribution in [3.63, 3.8) is 0 Å². The molecule has 0 radical (unpaired) electrons. The monoisotopic (exact) mass is 478 g/mol. The van der Waals surface area contributed by atoms with E-state index in [9.17, 15) is 9.59 Å². The van der Waals surface area contributed by atoms with Crippen molar-refractivity contribution in [1.82, 2.24) is 15.2 Å². The summed E-state index contributed by atoms with van der Waals surface area (Å²) in [6.07, 6.45) is 3.07. The van der Waals surface area contributed by atoms with Gasteiger partial charge in [0.05, 0.1) is 34.5 Å². The molecule has 1 unspecified atom stereocenters. The highest BCUT2D eigenvalue weighted by molar-refractivity contribution is 7.14. The number of piperidine rings is 1. The van der Waals surface area contributed by atoms with Crippen molar-refractivity contribution in [3.05, 3.63) is 63.5 Å². The third-order valence-electron chi connectivity index (χ3n) is 5.01. The van der Waals surface area contributed by atoms with Gasteiger partial charge in [-0.15, -0.1) is 11.3 Å². The van der Waals surface area contributed by atoms with Crippen molar-refractivity contribution < 1.29 is 14.0 Å². The number of rotatable bonds is 6. The average molecular weight is 479 g/mol. The molecule has 0 bridgehead atoms. The molecular weight excluding hydrogens is 459 g/mol. The minimum absolute atomic E-state index is 0.0786. The van der Waals surface area contributed by atoms with Gasteiger partial charge in [0.25, 0.3) is 5.91 Å². The van der Waals surface area contributed by atoms with Crippen LogP contribution in [0.15, 0.2) is 46.4 Å². The van der Waals surface area contributed by atoms with Gasteiger partial charge < -0.3 is 20.0 Å². The first kappa shape index (κ1) is 21.7. The van der Waals surface area contributed by atoms with Crippen LogP contribution in [-0.4, -0.2) is 34.8 Å². The van der Waals surface area contributed by atoms with E-state index in [4.69, 9.17) is 27.6 Å². The largest absolute Gasteiger partial charge is 0.467 e. The molecule has 162 valence electrons. The van der Waals surface area contributed by atoms with Crippen molar-refractivity contribution in [2.75, 3.05) is 18.4 Å². The predicted molar refractivity (Wildman–Crippen MR) is 121 cm³/mol. The molecule has 1 saturated heterocycles. The standard InChI is InChI=1S/C21H20Cl2N4O3S/c22-15-6-1-7-16(18(15)23)25-21-26-17(12-31-21)20(29)27-8-2-4-13(11-27)19(28)24-10-14-5-3-9-30-14/h1,3,5-7,9,12-13H,2,4,8,10-11H2,(H,24,28)(H,25,26). The molecule has 3 aromatic rings. The highest BCUT2D eigenvalue weighted by Crippen LogP contribution is 2.32. The van der Waals surface area contributed by atoms with Crippen LogP contribution in [0.5, 0.6) is 0 Å². The Morgan fingerprint density at radius 2 is 2.13 bits per heavy atom. The smallest absolute Gasteiger partial charge is 0.273 e. The van der Waals surface area contributed by atoms with Gasteiger partial charge in [0, 0.05) is 18.5 Å². The number of amides is 2. The molecule has 7 nitrogen and oxygen atoms in total. The molecule has 2 aromatic heterocycles. The number of thiazole rings is 1. The number of hydrogen-bond acceptors (Lipinski definition) is 6. The topological polar surface area (TPSA) is 87.5 Å². The van der Waals surface area contributed by atoms with E-state index in [0.717, 1.165) is 12.8 Å². The number of benzene rings is 1. The first-order valence-electron chi connectivity index (χ1n) is 9.77. The van der Waals surface area contributed by atoms with Crippen LogP contribution in [0.25, 0.3) is 0 Å². The molecule has 2 N–H and O–H groups in total. The molecule has 1 aliphatic heterocycles. The zero-order chi connectivity index (χ0) is 21.8. The lowest BCUT2D eigenvalue weighted by Crippen LogP contribution is -2.45. The summed E-state index contributed by atoms with van der Waals surface area (Å²) in [5.74, 6) is 0.170. The van der Waals surface area contributed by atoms with E-state index in [1.807, 2.05) is 0 Å². The Hall–Kier alpha value is -2.55. The third kappa shape index (κ3) is 5.20. The Morgan fingerprint density at radius 1 is 1.26 bits per heavy atom. The second-order valence-electron chi connectivity index (χ2n) is 7.15. The van der Waals surface area contributed by atoms with Crippen LogP contribution >= 0.6 is 34.5 Å². The van der Waals surface area contributed by atoms with Crippen molar-refractivity contribution in [3.8, 4) is 0 Å². The van der Waals surface area contributed by atoms with Crippen molar-refractivity contribution >= 4 is 57.2 Å². The lowest BCUT2D eigenvalue weighted by atomic mass is 9.97. The van der Waals surface area contributed by atoms with Crippen LogP contribution in [0.3, 0.4) is 0 Å².